The monoisotopic (exact) mass is 421 g/mol. The predicted octanol–water partition coefficient (Wildman–Crippen LogP) is 2.55. The molecule has 4 rings (SSSR count). The summed E-state index contributed by atoms with van der Waals surface area (Å²) in [5, 5.41) is 0.422. The highest BCUT2D eigenvalue weighted by Crippen LogP contribution is 2.24. The van der Waals surface area contributed by atoms with Gasteiger partial charge in [-0.05, 0) is 38.0 Å². The van der Waals surface area contributed by atoms with Crippen LogP contribution in [0.1, 0.15) is 18.5 Å². The molecule has 2 aromatic rings. The Labute approximate surface area is 171 Å². The Kier molecular flexibility index (Phi) is 5.44. The lowest BCUT2D eigenvalue weighted by atomic mass is 10.3. The van der Waals surface area contributed by atoms with Crippen molar-refractivity contribution in [2.45, 2.75) is 24.7 Å². The van der Waals surface area contributed by atoms with Crippen LogP contribution in [0, 0.1) is 6.92 Å². The molecule has 3 heterocycles. The molecule has 0 N–H and O–H groups in total. The Morgan fingerprint density at radius 3 is 2.32 bits per heavy atom. The number of aromatic nitrogens is 2. The van der Waals surface area contributed by atoms with Gasteiger partial charge in [-0.2, -0.15) is 9.29 Å². The Bertz CT molecular complexity index is 955. The molecule has 28 heavy (non-hydrogen) atoms. The number of benzene rings is 1. The molecule has 0 aliphatic carbocycles. The molecule has 9 heteroatoms. The second-order valence-corrected chi connectivity index (χ2v) is 9.58. The van der Waals surface area contributed by atoms with Gasteiger partial charge in [0.1, 0.15) is 5.82 Å². The van der Waals surface area contributed by atoms with Crippen LogP contribution in [0.25, 0.3) is 0 Å². The van der Waals surface area contributed by atoms with Gasteiger partial charge in [0.05, 0.1) is 4.90 Å². The van der Waals surface area contributed by atoms with Crippen LogP contribution in [0.4, 0.5) is 11.8 Å². The molecule has 0 amide bonds. The predicted molar refractivity (Wildman–Crippen MR) is 111 cm³/mol. The van der Waals surface area contributed by atoms with Crippen LogP contribution in [0.15, 0.2) is 35.2 Å². The maximum atomic E-state index is 12.9. The molecule has 0 unspecified atom stereocenters. The number of nitrogens with zero attached hydrogens (tertiary/aromatic N) is 5. The van der Waals surface area contributed by atoms with Crippen LogP contribution in [0.3, 0.4) is 0 Å². The van der Waals surface area contributed by atoms with Gasteiger partial charge in [-0.15, -0.1) is 0 Å². The summed E-state index contributed by atoms with van der Waals surface area (Å²) < 4.78 is 27.3. The van der Waals surface area contributed by atoms with Crippen LogP contribution >= 0.6 is 11.6 Å². The van der Waals surface area contributed by atoms with Crippen LogP contribution in [0.5, 0.6) is 0 Å². The summed E-state index contributed by atoms with van der Waals surface area (Å²) in [5.74, 6) is 1.65. The van der Waals surface area contributed by atoms with Crippen molar-refractivity contribution >= 4 is 33.4 Å². The van der Waals surface area contributed by atoms with Crippen LogP contribution in [-0.4, -0.2) is 62.0 Å². The zero-order chi connectivity index (χ0) is 19.7. The minimum atomic E-state index is -3.54. The molecule has 0 atom stereocenters. The summed E-state index contributed by atoms with van der Waals surface area (Å²) in [7, 11) is -3.54. The Hall–Kier alpha value is -1.90. The van der Waals surface area contributed by atoms with Gasteiger partial charge in [-0.1, -0.05) is 17.7 Å². The van der Waals surface area contributed by atoms with Crippen molar-refractivity contribution in [1.29, 1.82) is 0 Å². The maximum absolute atomic E-state index is 12.9. The molecule has 2 aliphatic heterocycles. The molecule has 150 valence electrons. The summed E-state index contributed by atoms with van der Waals surface area (Å²) >= 11 is 5.97. The highest BCUT2D eigenvalue weighted by Gasteiger charge is 2.29. The zero-order valence-electron chi connectivity index (χ0n) is 15.9. The minimum absolute atomic E-state index is 0.239. The molecule has 2 fully saturated rings. The summed E-state index contributed by atoms with van der Waals surface area (Å²) in [4.78, 5) is 13.9. The lowest BCUT2D eigenvalue weighted by Crippen LogP contribution is -2.49. The zero-order valence-corrected chi connectivity index (χ0v) is 17.5. The quantitative estimate of drug-likeness (QED) is 0.755. The molecule has 0 bridgehead atoms. The van der Waals surface area contributed by atoms with Gasteiger partial charge in [-0.3, -0.25) is 0 Å². The molecular formula is C19H24ClN5O2S. The van der Waals surface area contributed by atoms with E-state index in [4.69, 9.17) is 16.6 Å². The minimum Gasteiger partial charge on any atom is -0.354 e. The van der Waals surface area contributed by atoms with Gasteiger partial charge in [0.15, 0.2) is 0 Å². The summed E-state index contributed by atoms with van der Waals surface area (Å²) in [6.07, 6.45) is 2.35. The lowest BCUT2D eigenvalue weighted by molar-refractivity contribution is 0.383. The Morgan fingerprint density at radius 1 is 0.929 bits per heavy atom. The first-order chi connectivity index (χ1) is 13.4. The fraction of sp³-hybridized carbons (Fsp3) is 0.474. The third-order valence-electron chi connectivity index (χ3n) is 5.21. The van der Waals surface area contributed by atoms with E-state index in [0.29, 0.717) is 31.2 Å². The lowest BCUT2D eigenvalue weighted by Gasteiger charge is -2.35. The van der Waals surface area contributed by atoms with Crippen molar-refractivity contribution in [3.63, 3.8) is 0 Å². The average Bonchev–Trinajstić information content (AvgIpc) is 3.22. The Morgan fingerprint density at radius 2 is 1.64 bits per heavy atom. The van der Waals surface area contributed by atoms with Gasteiger partial charge in [-0.25, -0.2) is 13.4 Å². The van der Waals surface area contributed by atoms with Crippen LogP contribution in [-0.2, 0) is 10.0 Å². The molecule has 0 radical (unpaired) electrons. The van der Waals surface area contributed by atoms with Crippen LogP contribution in [0.2, 0.25) is 5.02 Å². The second kappa shape index (κ2) is 7.85. The number of hydrogen-bond acceptors (Lipinski definition) is 6. The SMILES string of the molecule is Cc1cc(N2CCN(S(=O)(=O)c3cccc(Cl)c3)CC2)nc(N2CCCC2)n1. The summed E-state index contributed by atoms with van der Waals surface area (Å²) in [6, 6.07) is 8.40. The molecule has 2 aliphatic rings. The van der Waals surface area contributed by atoms with Crippen molar-refractivity contribution in [2.75, 3.05) is 49.1 Å². The van der Waals surface area contributed by atoms with Crippen molar-refractivity contribution in [2.24, 2.45) is 0 Å². The topological polar surface area (TPSA) is 69.6 Å². The van der Waals surface area contributed by atoms with E-state index in [9.17, 15) is 8.42 Å². The van der Waals surface area contributed by atoms with Gasteiger partial charge >= 0.3 is 0 Å². The third kappa shape index (κ3) is 3.94. The molecule has 1 aromatic heterocycles. The molecule has 7 nitrogen and oxygen atoms in total. The summed E-state index contributed by atoms with van der Waals surface area (Å²) in [5.41, 5.74) is 0.931. The third-order valence-corrected chi connectivity index (χ3v) is 7.34. The van der Waals surface area contributed by atoms with Crippen molar-refractivity contribution < 1.29 is 8.42 Å². The smallest absolute Gasteiger partial charge is 0.243 e. The highest BCUT2D eigenvalue weighted by molar-refractivity contribution is 7.89. The number of rotatable bonds is 4. The van der Waals surface area contributed by atoms with Crippen molar-refractivity contribution in [1.82, 2.24) is 14.3 Å². The van der Waals surface area contributed by atoms with Gasteiger partial charge in [0.25, 0.3) is 0 Å². The molecule has 0 spiro atoms. The molecule has 0 saturated carbocycles. The van der Waals surface area contributed by atoms with E-state index < -0.39 is 10.0 Å². The molecule has 1 aromatic carbocycles. The largest absolute Gasteiger partial charge is 0.354 e. The standard InChI is InChI=1S/C19H24ClN5O2S/c1-15-13-18(22-19(21-15)24-7-2-3-8-24)23-9-11-25(12-10-23)28(26,27)17-6-4-5-16(20)14-17/h4-6,13-14H,2-3,7-12H2,1H3. The van der Waals surface area contributed by atoms with Crippen LogP contribution < -0.4 is 9.80 Å². The number of piperazine rings is 1. The number of sulfonamides is 1. The average molecular weight is 422 g/mol. The number of anilines is 2. The Balaban J connectivity index is 1.48. The van der Waals surface area contributed by atoms with Gasteiger partial charge in [0.2, 0.25) is 16.0 Å². The van der Waals surface area contributed by atoms with E-state index in [1.54, 1.807) is 18.2 Å². The fourth-order valence-corrected chi connectivity index (χ4v) is 5.41. The molecular weight excluding hydrogens is 398 g/mol. The number of hydrogen-bond donors (Lipinski definition) is 0. The fourth-order valence-electron chi connectivity index (χ4n) is 3.69. The van der Waals surface area contributed by atoms with E-state index in [0.717, 1.165) is 30.5 Å². The first-order valence-corrected chi connectivity index (χ1v) is 11.4. The van der Waals surface area contributed by atoms with E-state index in [-0.39, 0.29) is 4.90 Å². The van der Waals surface area contributed by atoms with E-state index >= 15 is 0 Å². The molecule has 2 saturated heterocycles. The second-order valence-electron chi connectivity index (χ2n) is 7.21. The van der Waals surface area contributed by atoms with Crippen molar-refractivity contribution in [3.05, 3.63) is 41.0 Å². The van der Waals surface area contributed by atoms with E-state index in [1.807, 2.05) is 13.0 Å². The highest BCUT2D eigenvalue weighted by atomic mass is 35.5. The van der Waals surface area contributed by atoms with Gasteiger partial charge < -0.3 is 9.80 Å². The van der Waals surface area contributed by atoms with E-state index in [1.165, 1.54) is 23.2 Å². The normalized spacial score (nSPS) is 18.6. The first kappa shape index (κ1) is 19.4. The van der Waals surface area contributed by atoms with E-state index in [2.05, 4.69) is 14.8 Å². The maximum Gasteiger partial charge on any atom is 0.243 e. The van der Waals surface area contributed by atoms with Crippen molar-refractivity contribution in [3.8, 4) is 0 Å². The number of halogens is 1. The summed E-state index contributed by atoms with van der Waals surface area (Å²) in [6.45, 7) is 5.98. The number of aryl methyl sites for hydroxylation is 1. The van der Waals surface area contributed by atoms with Gasteiger partial charge in [0, 0.05) is 56.1 Å². The first-order valence-electron chi connectivity index (χ1n) is 9.55.